The average molecular weight is 330 g/mol. The number of carbonyl (C=O) groups is 1. The Morgan fingerprint density at radius 1 is 1.17 bits per heavy atom. The standard InChI is InChI=1S/C17H18N2O3S/c1-12-4-3-5-13(8-12)11-23(21,22)18-15-6-7-16-14(9-15)10-17(20)19(16)2/h3-9,18H,10-11H2,1-2H3. The van der Waals surface area contributed by atoms with Crippen LogP contribution in [0.5, 0.6) is 0 Å². The lowest BCUT2D eigenvalue weighted by Gasteiger charge is -2.12. The Labute approximate surface area is 136 Å². The fourth-order valence-corrected chi connectivity index (χ4v) is 3.95. The third kappa shape index (κ3) is 3.37. The molecule has 0 unspecified atom stereocenters. The Balaban J connectivity index is 1.79. The lowest BCUT2D eigenvalue weighted by Crippen LogP contribution is -2.20. The predicted octanol–water partition coefficient (Wildman–Crippen LogP) is 2.46. The molecular weight excluding hydrogens is 312 g/mol. The molecule has 1 aliphatic heterocycles. The minimum absolute atomic E-state index is 0.0137. The summed E-state index contributed by atoms with van der Waals surface area (Å²) in [5.74, 6) is -0.0651. The van der Waals surface area contributed by atoms with Crippen LogP contribution in [-0.2, 0) is 27.0 Å². The van der Waals surface area contributed by atoms with Crippen LogP contribution in [0, 0.1) is 6.92 Å². The average Bonchev–Trinajstić information content (AvgIpc) is 2.72. The molecule has 1 N–H and O–H groups in total. The number of hydrogen-bond donors (Lipinski definition) is 1. The van der Waals surface area contributed by atoms with E-state index in [2.05, 4.69) is 4.72 Å². The highest BCUT2D eigenvalue weighted by Gasteiger charge is 2.24. The Hall–Kier alpha value is -2.34. The van der Waals surface area contributed by atoms with E-state index in [1.54, 1.807) is 36.2 Å². The fraction of sp³-hybridized carbons (Fsp3) is 0.235. The van der Waals surface area contributed by atoms with E-state index in [1.165, 1.54) is 0 Å². The zero-order valence-corrected chi connectivity index (χ0v) is 13.9. The molecule has 1 amide bonds. The number of anilines is 2. The molecule has 0 saturated heterocycles. The molecule has 23 heavy (non-hydrogen) atoms. The van der Waals surface area contributed by atoms with Gasteiger partial charge in [0.05, 0.1) is 12.2 Å². The quantitative estimate of drug-likeness (QED) is 0.936. The van der Waals surface area contributed by atoms with Gasteiger partial charge >= 0.3 is 0 Å². The normalized spacial score (nSPS) is 14.0. The third-order valence-electron chi connectivity index (χ3n) is 3.87. The van der Waals surface area contributed by atoms with Crippen LogP contribution in [0.15, 0.2) is 42.5 Å². The molecule has 0 atom stereocenters. The molecule has 0 aliphatic carbocycles. The Morgan fingerprint density at radius 2 is 1.96 bits per heavy atom. The number of fused-ring (bicyclic) bond motifs is 1. The fourth-order valence-electron chi connectivity index (χ4n) is 2.77. The first-order valence-electron chi connectivity index (χ1n) is 7.29. The monoisotopic (exact) mass is 330 g/mol. The number of aryl methyl sites for hydroxylation is 1. The minimum atomic E-state index is -3.50. The molecule has 0 bridgehead atoms. The van der Waals surface area contributed by atoms with E-state index in [4.69, 9.17) is 0 Å². The third-order valence-corrected chi connectivity index (χ3v) is 5.13. The molecule has 0 fully saturated rings. The maximum Gasteiger partial charge on any atom is 0.236 e. The lowest BCUT2D eigenvalue weighted by molar-refractivity contribution is -0.117. The molecule has 0 spiro atoms. The predicted molar refractivity (Wildman–Crippen MR) is 91.0 cm³/mol. The number of nitrogens with one attached hydrogen (secondary N) is 1. The van der Waals surface area contributed by atoms with Gasteiger partial charge in [-0.3, -0.25) is 9.52 Å². The van der Waals surface area contributed by atoms with Gasteiger partial charge in [0.1, 0.15) is 0 Å². The van der Waals surface area contributed by atoms with Crippen molar-refractivity contribution in [2.75, 3.05) is 16.7 Å². The summed E-state index contributed by atoms with van der Waals surface area (Å²) < 4.78 is 27.2. The highest BCUT2D eigenvalue weighted by Crippen LogP contribution is 2.30. The molecule has 120 valence electrons. The van der Waals surface area contributed by atoms with Crippen molar-refractivity contribution >= 4 is 27.3 Å². The summed E-state index contributed by atoms with van der Waals surface area (Å²) in [6.45, 7) is 1.93. The van der Waals surface area contributed by atoms with Gasteiger partial charge in [0.25, 0.3) is 0 Å². The van der Waals surface area contributed by atoms with Crippen molar-refractivity contribution < 1.29 is 13.2 Å². The van der Waals surface area contributed by atoms with Gasteiger partial charge in [-0.1, -0.05) is 29.8 Å². The summed E-state index contributed by atoms with van der Waals surface area (Å²) in [4.78, 5) is 13.3. The van der Waals surface area contributed by atoms with E-state index < -0.39 is 10.0 Å². The first-order chi connectivity index (χ1) is 10.8. The first-order valence-corrected chi connectivity index (χ1v) is 8.95. The van der Waals surface area contributed by atoms with Gasteiger partial charge in [0, 0.05) is 18.4 Å². The molecule has 6 heteroatoms. The van der Waals surface area contributed by atoms with Crippen LogP contribution in [0.25, 0.3) is 0 Å². The van der Waals surface area contributed by atoms with E-state index in [0.717, 1.165) is 22.4 Å². The highest BCUT2D eigenvalue weighted by atomic mass is 32.2. The van der Waals surface area contributed by atoms with Gasteiger partial charge in [-0.25, -0.2) is 8.42 Å². The molecular formula is C17H18N2O3S. The van der Waals surface area contributed by atoms with Crippen LogP contribution in [0.3, 0.4) is 0 Å². The number of carbonyl (C=O) groups excluding carboxylic acids is 1. The summed E-state index contributed by atoms with van der Waals surface area (Å²) >= 11 is 0. The molecule has 0 radical (unpaired) electrons. The minimum Gasteiger partial charge on any atom is -0.315 e. The van der Waals surface area contributed by atoms with Gasteiger partial charge in [-0.2, -0.15) is 0 Å². The Bertz CT molecular complexity index is 875. The number of nitrogens with zero attached hydrogens (tertiary/aromatic N) is 1. The van der Waals surface area contributed by atoms with Crippen molar-refractivity contribution in [2.45, 2.75) is 19.1 Å². The second-order valence-corrected chi connectivity index (χ2v) is 7.55. The lowest BCUT2D eigenvalue weighted by atomic mass is 10.1. The van der Waals surface area contributed by atoms with Crippen LogP contribution in [0.1, 0.15) is 16.7 Å². The molecule has 3 rings (SSSR count). The number of amides is 1. The maximum absolute atomic E-state index is 12.3. The van der Waals surface area contributed by atoms with Gasteiger partial charge in [0.15, 0.2) is 0 Å². The van der Waals surface area contributed by atoms with Crippen LogP contribution in [0.2, 0.25) is 0 Å². The molecule has 2 aromatic rings. The van der Waals surface area contributed by atoms with Crippen molar-refractivity contribution in [1.82, 2.24) is 0 Å². The highest BCUT2D eigenvalue weighted by molar-refractivity contribution is 7.91. The number of rotatable bonds is 4. The number of benzene rings is 2. The van der Waals surface area contributed by atoms with Gasteiger partial charge in [-0.15, -0.1) is 0 Å². The number of sulfonamides is 1. The van der Waals surface area contributed by atoms with Crippen molar-refractivity contribution in [2.24, 2.45) is 0 Å². The second kappa shape index (κ2) is 5.70. The molecule has 1 aliphatic rings. The van der Waals surface area contributed by atoms with E-state index in [9.17, 15) is 13.2 Å². The SMILES string of the molecule is Cc1cccc(CS(=O)(=O)Nc2ccc3c(c2)CC(=O)N3C)c1. The first kappa shape index (κ1) is 15.6. The zero-order chi connectivity index (χ0) is 16.6. The van der Waals surface area contributed by atoms with Crippen LogP contribution < -0.4 is 9.62 Å². The van der Waals surface area contributed by atoms with Crippen LogP contribution in [-0.4, -0.2) is 21.4 Å². The van der Waals surface area contributed by atoms with Crippen molar-refractivity contribution in [3.63, 3.8) is 0 Å². The van der Waals surface area contributed by atoms with Crippen molar-refractivity contribution in [3.05, 3.63) is 59.2 Å². The van der Waals surface area contributed by atoms with Crippen LogP contribution >= 0.6 is 0 Å². The Morgan fingerprint density at radius 3 is 2.70 bits per heavy atom. The summed E-state index contributed by atoms with van der Waals surface area (Å²) in [5.41, 5.74) is 3.93. The summed E-state index contributed by atoms with van der Waals surface area (Å²) in [6.07, 6.45) is 0.305. The summed E-state index contributed by atoms with van der Waals surface area (Å²) in [7, 11) is -1.78. The second-order valence-electron chi connectivity index (χ2n) is 5.82. The summed E-state index contributed by atoms with van der Waals surface area (Å²) in [5, 5.41) is 0. The molecule has 1 heterocycles. The topological polar surface area (TPSA) is 66.5 Å². The largest absolute Gasteiger partial charge is 0.315 e. The van der Waals surface area contributed by atoms with Gasteiger partial charge < -0.3 is 4.90 Å². The smallest absolute Gasteiger partial charge is 0.236 e. The number of likely N-dealkylation sites (N-methyl/N-ethyl adjacent to an activating group) is 1. The zero-order valence-electron chi connectivity index (χ0n) is 13.0. The van der Waals surface area contributed by atoms with E-state index in [0.29, 0.717) is 12.1 Å². The van der Waals surface area contributed by atoms with Crippen LogP contribution in [0.4, 0.5) is 11.4 Å². The summed E-state index contributed by atoms with van der Waals surface area (Å²) in [6, 6.07) is 12.6. The van der Waals surface area contributed by atoms with Gasteiger partial charge in [0.2, 0.25) is 15.9 Å². The van der Waals surface area contributed by atoms with E-state index >= 15 is 0 Å². The van der Waals surface area contributed by atoms with E-state index in [-0.39, 0.29) is 11.7 Å². The molecule has 2 aromatic carbocycles. The molecule has 0 aromatic heterocycles. The van der Waals surface area contributed by atoms with Crippen molar-refractivity contribution in [1.29, 1.82) is 0 Å². The number of hydrogen-bond acceptors (Lipinski definition) is 3. The molecule has 0 saturated carbocycles. The van der Waals surface area contributed by atoms with Crippen molar-refractivity contribution in [3.8, 4) is 0 Å². The van der Waals surface area contributed by atoms with E-state index in [1.807, 2.05) is 25.1 Å². The maximum atomic E-state index is 12.3. The molecule has 5 nitrogen and oxygen atoms in total. The Kier molecular flexibility index (Phi) is 3.85. The van der Waals surface area contributed by atoms with Gasteiger partial charge in [-0.05, 0) is 36.2 Å².